The maximum Gasteiger partial charge on any atom is 0.132 e. The molecular formula is C18H23ClFN3. The quantitative estimate of drug-likeness (QED) is 0.915. The third-order valence-electron chi connectivity index (χ3n) is 5.42. The Labute approximate surface area is 142 Å². The van der Waals surface area contributed by atoms with Crippen molar-refractivity contribution in [3.8, 4) is 0 Å². The van der Waals surface area contributed by atoms with Crippen molar-refractivity contribution in [3.05, 3.63) is 41.8 Å². The Morgan fingerprint density at radius 1 is 1.22 bits per heavy atom. The van der Waals surface area contributed by atoms with Crippen molar-refractivity contribution in [2.24, 2.45) is 17.6 Å². The smallest absolute Gasteiger partial charge is 0.132 e. The molecule has 5 heteroatoms. The lowest BCUT2D eigenvalue weighted by molar-refractivity contribution is 0.259. The summed E-state index contributed by atoms with van der Waals surface area (Å²) in [5.74, 6) is 1.18. The molecule has 1 aromatic heterocycles. The van der Waals surface area contributed by atoms with Crippen LogP contribution >= 0.6 is 12.4 Å². The molecule has 2 N–H and O–H groups in total. The van der Waals surface area contributed by atoms with Gasteiger partial charge in [0, 0.05) is 37.3 Å². The fourth-order valence-electron chi connectivity index (χ4n) is 4.30. The van der Waals surface area contributed by atoms with Crippen molar-refractivity contribution in [1.29, 1.82) is 0 Å². The van der Waals surface area contributed by atoms with Crippen molar-refractivity contribution in [3.63, 3.8) is 0 Å². The summed E-state index contributed by atoms with van der Waals surface area (Å²) in [5, 5.41) is 0.619. The minimum absolute atomic E-state index is 0. The van der Waals surface area contributed by atoms with Gasteiger partial charge in [0.15, 0.2) is 0 Å². The van der Waals surface area contributed by atoms with Crippen LogP contribution in [0.2, 0.25) is 0 Å². The minimum Gasteiger partial charge on any atom is -0.327 e. The molecule has 0 radical (unpaired) electrons. The second-order valence-electron chi connectivity index (χ2n) is 6.82. The Balaban J connectivity index is 0.00000156. The van der Waals surface area contributed by atoms with Crippen molar-refractivity contribution < 1.29 is 4.39 Å². The lowest BCUT2D eigenvalue weighted by Crippen LogP contribution is -2.38. The van der Waals surface area contributed by atoms with Crippen LogP contribution in [0.15, 0.2) is 30.5 Å². The van der Waals surface area contributed by atoms with Gasteiger partial charge in [-0.05, 0) is 48.4 Å². The third-order valence-corrected chi connectivity index (χ3v) is 5.42. The molecule has 3 unspecified atom stereocenters. The van der Waals surface area contributed by atoms with E-state index in [9.17, 15) is 4.39 Å². The standard InChI is InChI=1S/C18H22FN3.ClH/c19-16-7-6-13(18-14(16)4-2-8-21-18)10-22-9-12-3-1-5-17(20)15(12)11-22;/h2,4,6-8,12,15,17H,1,3,5,9-11,20H2;1H. The van der Waals surface area contributed by atoms with E-state index in [1.54, 1.807) is 24.4 Å². The van der Waals surface area contributed by atoms with Crippen LogP contribution < -0.4 is 5.73 Å². The van der Waals surface area contributed by atoms with Gasteiger partial charge in [-0.1, -0.05) is 12.5 Å². The van der Waals surface area contributed by atoms with Gasteiger partial charge in [-0.3, -0.25) is 9.88 Å². The highest BCUT2D eigenvalue weighted by atomic mass is 35.5. The molecule has 3 nitrogen and oxygen atoms in total. The second-order valence-corrected chi connectivity index (χ2v) is 6.82. The number of rotatable bonds is 2. The average molecular weight is 336 g/mol. The number of pyridine rings is 1. The molecule has 124 valence electrons. The molecule has 1 aliphatic heterocycles. The highest BCUT2D eigenvalue weighted by molar-refractivity contribution is 5.85. The van der Waals surface area contributed by atoms with Crippen molar-refractivity contribution in [1.82, 2.24) is 9.88 Å². The predicted molar refractivity (Wildman–Crippen MR) is 93.0 cm³/mol. The Hall–Kier alpha value is -1.23. The molecule has 1 saturated heterocycles. The number of likely N-dealkylation sites (tertiary alicyclic amines) is 1. The maximum absolute atomic E-state index is 13.9. The number of nitrogens with two attached hydrogens (primary N) is 1. The van der Waals surface area contributed by atoms with Crippen molar-refractivity contribution in [2.75, 3.05) is 13.1 Å². The summed E-state index contributed by atoms with van der Waals surface area (Å²) >= 11 is 0. The van der Waals surface area contributed by atoms with Gasteiger partial charge in [-0.15, -0.1) is 12.4 Å². The summed E-state index contributed by atoms with van der Waals surface area (Å²) in [6.07, 6.45) is 5.47. The van der Waals surface area contributed by atoms with E-state index in [0.29, 0.717) is 17.3 Å². The molecule has 23 heavy (non-hydrogen) atoms. The monoisotopic (exact) mass is 335 g/mol. The molecule has 2 aromatic rings. The van der Waals surface area contributed by atoms with Crippen LogP contribution in [0.4, 0.5) is 4.39 Å². The molecule has 0 spiro atoms. The van der Waals surface area contributed by atoms with Gasteiger partial charge in [0.2, 0.25) is 0 Å². The number of benzene rings is 1. The normalized spacial score (nSPS) is 27.7. The zero-order chi connectivity index (χ0) is 15.1. The van der Waals surface area contributed by atoms with E-state index in [4.69, 9.17) is 5.73 Å². The molecule has 2 aliphatic rings. The fourth-order valence-corrected chi connectivity index (χ4v) is 4.30. The predicted octanol–water partition coefficient (Wildman–Crippen LogP) is 3.35. The Morgan fingerprint density at radius 3 is 2.91 bits per heavy atom. The van der Waals surface area contributed by atoms with Crippen LogP contribution in [0, 0.1) is 17.7 Å². The van der Waals surface area contributed by atoms with Crippen LogP contribution in [0.1, 0.15) is 24.8 Å². The minimum atomic E-state index is -0.191. The van der Waals surface area contributed by atoms with Crippen molar-refractivity contribution in [2.45, 2.75) is 31.8 Å². The highest BCUT2D eigenvalue weighted by Crippen LogP contribution is 2.36. The van der Waals surface area contributed by atoms with E-state index in [1.165, 1.54) is 12.8 Å². The summed E-state index contributed by atoms with van der Waals surface area (Å²) in [5.41, 5.74) is 8.21. The number of fused-ring (bicyclic) bond motifs is 2. The summed E-state index contributed by atoms with van der Waals surface area (Å²) in [4.78, 5) is 6.87. The van der Waals surface area contributed by atoms with Gasteiger partial charge in [0.1, 0.15) is 5.82 Å². The first-order valence-corrected chi connectivity index (χ1v) is 8.22. The lowest BCUT2D eigenvalue weighted by Gasteiger charge is -2.29. The summed E-state index contributed by atoms with van der Waals surface area (Å²) in [7, 11) is 0. The first-order valence-electron chi connectivity index (χ1n) is 8.22. The zero-order valence-electron chi connectivity index (χ0n) is 13.1. The first-order chi connectivity index (χ1) is 10.7. The van der Waals surface area contributed by atoms with Crippen LogP contribution in [0.5, 0.6) is 0 Å². The molecule has 4 rings (SSSR count). The van der Waals surface area contributed by atoms with Gasteiger partial charge in [-0.25, -0.2) is 4.39 Å². The van der Waals surface area contributed by atoms with E-state index in [-0.39, 0.29) is 18.2 Å². The van der Waals surface area contributed by atoms with Gasteiger partial charge >= 0.3 is 0 Å². The molecule has 1 aliphatic carbocycles. The molecule has 2 fully saturated rings. The molecular weight excluding hydrogens is 313 g/mol. The Morgan fingerprint density at radius 2 is 2.09 bits per heavy atom. The van der Waals surface area contributed by atoms with E-state index < -0.39 is 0 Å². The first kappa shape index (κ1) is 16.6. The van der Waals surface area contributed by atoms with E-state index in [2.05, 4.69) is 9.88 Å². The van der Waals surface area contributed by atoms with E-state index in [0.717, 1.165) is 43.1 Å². The van der Waals surface area contributed by atoms with Gasteiger partial charge in [0.05, 0.1) is 5.52 Å². The van der Waals surface area contributed by atoms with Gasteiger partial charge in [0.25, 0.3) is 0 Å². The molecule has 1 aromatic carbocycles. The number of nitrogens with zero attached hydrogens (tertiary/aromatic N) is 2. The van der Waals surface area contributed by atoms with Crippen LogP contribution in [0.25, 0.3) is 10.9 Å². The van der Waals surface area contributed by atoms with E-state index >= 15 is 0 Å². The van der Waals surface area contributed by atoms with Gasteiger partial charge in [-0.2, -0.15) is 0 Å². The summed E-state index contributed by atoms with van der Waals surface area (Å²) < 4.78 is 13.9. The SMILES string of the molecule is Cl.NC1CCCC2CN(Cc3ccc(F)c4cccnc34)CC12. The van der Waals surface area contributed by atoms with Crippen LogP contribution in [-0.2, 0) is 6.54 Å². The highest BCUT2D eigenvalue weighted by Gasteiger charge is 2.38. The second kappa shape index (κ2) is 6.71. The van der Waals surface area contributed by atoms with Gasteiger partial charge < -0.3 is 5.73 Å². The maximum atomic E-state index is 13.9. The third kappa shape index (κ3) is 3.08. The zero-order valence-corrected chi connectivity index (χ0v) is 13.9. The van der Waals surface area contributed by atoms with E-state index in [1.807, 2.05) is 6.07 Å². The fraction of sp³-hybridized carbons (Fsp3) is 0.500. The Kier molecular flexibility index (Phi) is 4.85. The molecule has 1 saturated carbocycles. The number of aromatic nitrogens is 1. The molecule has 0 bridgehead atoms. The number of halogens is 2. The van der Waals surface area contributed by atoms with Crippen molar-refractivity contribution >= 4 is 23.3 Å². The topological polar surface area (TPSA) is 42.1 Å². The Bertz CT molecular complexity index is 693. The number of hydrogen-bond donors (Lipinski definition) is 1. The molecule has 2 heterocycles. The van der Waals surface area contributed by atoms with Crippen LogP contribution in [0.3, 0.4) is 0 Å². The lowest BCUT2D eigenvalue weighted by atomic mass is 9.78. The molecule has 0 amide bonds. The van der Waals surface area contributed by atoms with Crippen LogP contribution in [-0.4, -0.2) is 29.0 Å². The average Bonchev–Trinajstić information content (AvgIpc) is 2.95. The largest absolute Gasteiger partial charge is 0.327 e. The summed E-state index contributed by atoms with van der Waals surface area (Å²) in [6.45, 7) is 3.02. The number of hydrogen-bond acceptors (Lipinski definition) is 3. The summed E-state index contributed by atoms with van der Waals surface area (Å²) in [6, 6.07) is 7.40. The molecule has 3 atom stereocenters.